The Hall–Kier alpha value is -1.48. The molecule has 0 aliphatic carbocycles. The van der Waals surface area contributed by atoms with Crippen molar-refractivity contribution in [2.75, 3.05) is 12.5 Å². The standard InChI is InChI=1S/C12H12ClNO2/c13-6-1-7-16-10-3-4-11-9(8-10)2-5-12(15)14-11/h2-5,8H,1,6-7H2,(H,14,15). The Kier molecular flexibility index (Phi) is 3.47. The number of pyridine rings is 1. The molecule has 0 bridgehead atoms. The number of H-pyrrole nitrogens is 1. The van der Waals surface area contributed by atoms with Crippen molar-refractivity contribution in [3.8, 4) is 5.75 Å². The van der Waals surface area contributed by atoms with E-state index in [1.54, 1.807) is 6.07 Å². The molecule has 0 radical (unpaired) electrons. The van der Waals surface area contributed by atoms with Crippen LogP contribution in [0, 0.1) is 0 Å². The molecular weight excluding hydrogens is 226 g/mol. The van der Waals surface area contributed by atoms with Crippen LogP contribution in [0.3, 0.4) is 0 Å². The number of halogens is 1. The second kappa shape index (κ2) is 5.03. The Morgan fingerprint density at radius 3 is 2.94 bits per heavy atom. The van der Waals surface area contributed by atoms with Gasteiger partial charge in [-0.1, -0.05) is 0 Å². The molecule has 0 fully saturated rings. The van der Waals surface area contributed by atoms with E-state index in [-0.39, 0.29) is 5.56 Å². The van der Waals surface area contributed by atoms with E-state index in [1.807, 2.05) is 18.2 Å². The van der Waals surface area contributed by atoms with Gasteiger partial charge in [0.25, 0.3) is 0 Å². The van der Waals surface area contributed by atoms with Gasteiger partial charge in [-0.15, -0.1) is 11.6 Å². The number of hydrogen-bond acceptors (Lipinski definition) is 2. The zero-order chi connectivity index (χ0) is 11.4. The minimum absolute atomic E-state index is 0.0942. The summed E-state index contributed by atoms with van der Waals surface area (Å²) in [7, 11) is 0. The Bertz CT molecular complexity index is 536. The highest BCUT2D eigenvalue weighted by atomic mass is 35.5. The van der Waals surface area contributed by atoms with Crippen molar-refractivity contribution < 1.29 is 4.74 Å². The van der Waals surface area contributed by atoms with Gasteiger partial charge in [0.15, 0.2) is 0 Å². The van der Waals surface area contributed by atoms with Crippen molar-refractivity contribution in [2.24, 2.45) is 0 Å². The van der Waals surface area contributed by atoms with E-state index in [1.165, 1.54) is 6.07 Å². The number of ether oxygens (including phenoxy) is 1. The van der Waals surface area contributed by atoms with Crippen LogP contribution in [0.5, 0.6) is 5.75 Å². The summed E-state index contributed by atoms with van der Waals surface area (Å²) < 4.78 is 5.51. The van der Waals surface area contributed by atoms with Gasteiger partial charge < -0.3 is 9.72 Å². The van der Waals surface area contributed by atoms with E-state index < -0.39 is 0 Å². The fraction of sp³-hybridized carbons (Fsp3) is 0.250. The normalized spacial score (nSPS) is 10.6. The number of aromatic amines is 1. The highest BCUT2D eigenvalue weighted by Crippen LogP contribution is 2.18. The van der Waals surface area contributed by atoms with Crippen molar-refractivity contribution in [3.05, 3.63) is 40.7 Å². The molecule has 0 aliphatic heterocycles. The Balaban J connectivity index is 2.23. The van der Waals surface area contributed by atoms with E-state index in [0.29, 0.717) is 12.5 Å². The Morgan fingerprint density at radius 2 is 2.12 bits per heavy atom. The van der Waals surface area contributed by atoms with Crippen molar-refractivity contribution in [2.45, 2.75) is 6.42 Å². The Labute approximate surface area is 98.0 Å². The highest BCUT2D eigenvalue weighted by Gasteiger charge is 1.98. The van der Waals surface area contributed by atoms with Gasteiger partial charge in [0.2, 0.25) is 5.56 Å². The van der Waals surface area contributed by atoms with Gasteiger partial charge in [0, 0.05) is 22.8 Å². The molecule has 1 aromatic carbocycles. The lowest BCUT2D eigenvalue weighted by Gasteiger charge is -2.05. The lowest BCUT2D eigenvalue weighted by Crippen LogP contribution is -2.02. The first kappa shape index (κ1) is 11.0. The molecule has 16 heavy (non-hydrogen) atoms. The maximum atomic E-state index is 11.1. The summed E-state index contributed by atoms with van der Waals surface area (Å²) in [6.07, 6.45) is 0.825. The van der Waals surface area contributed by atoms with Crippen LogP contribution >= 0.6 is 11.6 Å². The van der Waals surface area contributed by atoms with Crippen molar-refractivity contribution in [1.29, 1.82) is 0 Å². The summed E-state index contributed by atoms with van der Waals surface area (Å²) in [6.45, 7) is 0.609. The molecule has 0 unspecified atom stereocenters. The molecule has 1 aromatic heterocycles. The van der Waals surface area contributed by atoms with Crippen LogP contribution in [0.1, 0.15) is 6.42 Å². The zero-order valence-corrected chi connectivity index (χ0v) is 9.46. The second-order valence-corrected chi connectivity index (χ2v) is 3.84. The van der Waals surface area contributed by atoms with Crippen LogP contribution < -0.4 is 10.3 Å². The molecular formula is C12H12ClNO2. The summed E-state index contributed by atoms with van der Waals surface area (Å²) in [4.78, 5) is 13.8. The van der Waals surface area contributed by atoms with Crippen LogP contribution in [0.2, 0.25) is 0 Å². The van der Waals surface area contributed by atoms with E-state index in [2.05, 4.69) is 4.98 Å². The Morgan fingerprint density at radius 1 is 1.25 bits per heavy atom. The smallest absolute Gasteiger partial charge is 0.248 e. The van der Waals surface area contributed by atoms with Gasteiger partial charge in [-0.2, -0.15) is 0 Å². The molecule has 0 atom stereocenters. The molecule has 1 heterocycles. The van der Waals surface area contributed by atoms with Crippen LogP contribution in [-0.2, 0) is 0 Å². The van der Waals surface area contributed by atoms with Gasteiger partial charge in [-0.05, 0) is 30.7 Å². The molecule has 3 nitrogen and oxygen atoms in total. The minimum Gasteiger partial charge on any atom is -0.494 e. The topological polar surface area (TPSA) is 42.1 Å². The average Bonchev–Trinajstić information content (AvgIpc) is 2.29. The quantitative estimate of drug-likeness (QED) is 0.656. The first-order valence-electron chi connectivity index (χ1n) is 5.11. The number of hydrogen-bond donors (Lipinski definition) is 1. The van der Waals surface area contributed by atoms with Crippen LogP contribution in [0.4, 0.5) is 0 Å². The molecule has 0 aliphatic rings. The molecule has 0 amide bonds. The van der Waals surface area contributed by atoms with Crippen LogP contribution in [-0.4, -0.2) is 17.5 Å². The monoisotopic (exact) mass is 237 g/mol. The van der Waals surface area contributed by atoms with Crippen molar-refractivity contribution in [3.63, 3.8) is 0 Å². The molecule has 4 heteroatoms. The van der Waals surface area contributed by atoms with Gasteiger partial charge in [0.05, 0.1) is 6.61 Å². The summed E-state index contributed by atoms with van der Waals surface area (Å²) >= 11 is 5.56. The molecule has 84 valence electrons. The number of alkyl halides is 1. The summed E-state index contributed by atoms with van der Waals surface area (Å²) in [6, 6.07) is 8.87. The van der Waals surface area contributed by atoms with Gasteiger partial charge in [-0.3, -0.25) is 4.79 Å². The summed E-state index contributed by atoms with van der Waals surface area (Å²) in [5.41, 5.74) is 0.723. The number of fused-ring (bicyclic) bond motifs is 1. The summed E-state index contributed by atoms with van der Waals surface area (Å²) in [5, 5.41) is 0.961. The fourth-order valence-corrected chi connectivity index (χ4v) is 1.58. The maximum Gasteiger partial charge on any atom is 0.248 e. The molecule has 2 rings (SSSR count). The third-order valence-electron chi connectivity index (χ3n) is 2.24. The number of benzene rings is 1. The van der Waals surface area contributed by atoms with E-state index in [4.69, 9.17) is 16.3 Å². The van der Waals surface area contributed by atoms with E-state index in [0.717, 1.165) is 23.1 Å². The largest absolute Gasteiger partial charge is 0.494 e. The third-order valence-corrected chi connectivity index (χ3v) is 2.51. The molecule has 0 saturated carbocycles. The number of rotatable bonds is 4. The molecule has 1 N–H and O–H groups in total. The van der Waals surface area contributed by atoms with Crippen LogP contribution in [0.25, 0.3) is 10.9 Å². The van der Waals surface area contributed by atoms with Crippen LogP contribution in [0.15, 0.2) is 35.1 Å². The zero-order valence-electron chi connectivity index (χ0n) is 8.70. The van der Waals surface area contributed by atoms with E-state index >= 15 is 0 Å². The SMILES string of the molecule is O=c1ccc2cc(OCCCCl)ccc2[nH]1. The number of nitrogens with one attached hydrogen (secondary N) is 1. The second-order valence-electron chi connectivity index (χ2n) is 3.46. The molecule has 0 saturated heterocycles. The minimum atomic E-state index is -0.0942. The first-order chi connectivity index (χ1) is 7.79. The number of aromatic nitrogens is 1. The molecule has 2 aromatic rings. The highest BCUT2D eigenvalue weighted by molar-refractivity contribution is 6.17. The van der Waals surface area contributed by atoms with Gasteiger partial charge in [0.1, 0.15) is 5.75 Å². The van der Waals surface area contributed by atoms with Gasteiger partial charge >= 0.3 is 0 Å². The van der Waals surface area contributed by atoms with E-state index in [9.17, 15) is 4.79 Å². The third kappa shape index (κ3) is 2.55. The first-order valence-corrected chi connectivity index (χ1v) is 5.65. The molecule has 0 spiro atoms. The van der Waals surface area contributed by atoms with Crippen molar-refractivity contribution in [1.82, 2.24) is 4.98 Å². The maximum absolute atomic E-state index is 11.1. The van der Waals surface area contributed by atoms with Gasteiger partial charge in [-0.25, -0.2) is 0 Å². The average molecular weight is 238 g/mol. The lowest BCUT2D eigenvalue weighted by molar-refractivity contribution is 0.319. The summed E-state index contributed by atoms with van der Waals surface area (Å²) in [5.74, 6) is 1.39. The fourth-order valence-electron chi connectivity index (χ4n) is 1.47. The lowest BCUT2D eigenvalue weighted by atomic mass is 10.2. The predicted molar refractivity (Wildman–Crippen MR) is 65.4 cm³/mol. The van der Waals surface area contributed by atoms with Crippen molar-refractivity contribution >= 4 is 22.5 Å². The predicted octanol–water partition coefficient (Wildman–Crippen LogP) is 2.54.